The standard InChI is InChI=1S/C4H5N3S3/c5-3-8-4-10-7-6-1-2-9-7/h1H,2,4H2. The summed E-state index contributed by atoms with van der Waals surface area (Å²) in [6.07, 6.45) is 1.86. The summed E-state index contributed by atoms with van der Waals surface area (Å²) in [5.74, 6) is 0.949. The Morgan fingerprint density at radius 3 is 3.40 bits per heavy atom. The van der Waals surface area contributed by atoms with Gasteiger partial charge in [0, 0.05) is 6.21 Å². The number of hydrazone groups is 1. The van der Waals surface area contributed by atoms with Crippen LogP contribution in [0, 0.1) is 10.7 Å². The first-order chi connectivity index (χ1) is 4.93. The lowest BCUT2D eigenvalue weighted by Gasteiger charge is -2.06. The summed E-state index contributed by atoms with van der Waals surface area (Å²) in [6, 6.07) is 0. The second-order valence-corrected chi connectivity index (χ2v) is 4.50. The molecule has 6 heteroatoms. The van der Waals surface area contributed by atoms with Crippen molar-refractivity contribution >= 4 is 41.9 Å². The van der Waals surface area contributed by atoms with E-state index in [9.17, 15) is 0 Å². The van der Waals surface area contributed by atoms with Crippen molar-refractivity contribution in [1.29, 1.82) is 5.26 Å². The van der Waals surface area contributed by atoms with Crippen LogP contribution in [0.5, 0.6) is 0 Å². The fourth-order valence-electron chi connectivity index (χ4n) is 0.399. The molecule has 0 aliphatic carbocycles. The number of hydrogen-bond acceptors (Lipinski definition) is 6. The molecule has 0 fully saturated rings. The molecule has 0 amide bonds. The van der Waals surface area contributed by atoms with Crippen LogP contribution in [0.4, 0.5) is 0 Å². The first kappa shape index (κ1) is 8.11. The van der Waals surface area contributed by atoms with E-state index >= 15 is 0 Å². The Morgan fingerprint density at radius 2 is 2.80 bits per heavy atom. The average molecular weight is 191 g/mol. The molecule has 0 unspecified atom stereocenters. The Hall–Kier alpha value is 0.01000. The lowest BCUT2D eigenvalue weighted by Crippen LogP contribution is -1.90. The van der Waals surface area contributed by atoms with Gasteiger partial charge in [-0.15, -0.1) is 0 Å². The summed E-state index contributed by atoms with van der Waals surface area (Å²) in [5.41, 5.74) is 0. The maximum Gasteiger partial charge on any atom is 0.134 e. The number of rotatable bonds is 3. The van der Waals surface area contributed by atoms with Gasteiger partial charge in [-0.25, -0.2) is 0 Å². The van der Waals surface area contributed by atoms with Crippen LogP contribution >= 0.6 is 35.7 Å². The van der Waals surface area contributed by atoms with Crippen LogP contribution < -0.4 is 0 Å². The SMILES string of the molecule is N#CSCSN1N=CCS1. The fourth-order valence-corrected chi connectivity index (χ4v) is 2.58. The molecular weight excluding hydrogens is 186 g/mol. The zero-order valence-electron chi connectivity index (χ0n) is 5.06. The van der Waals surface area contributed by atoms with Crippen molar-refractivity contribution < 1.29 is 0 Å². The van der Waals surface area contributed by atoms with Crippen molar-refractivity contribution in [1.82, 2.24) is 3.82 Å². The van der Waals surface area contributed by atoms with Gasteiger partial charge in [0.2, 0.25) is 0 Å². The predicted octanol–water partition coefficient (Wildman–Crippen LogP) is 1.76. The molecule has 0 aromatic rings. The third-order valence-electron chi connectivity index (χ3n) is 0.722. The van der Waals surface area contributed by atoms with Gasteiger partial charge >= 0.3 is 0 Å². The second-order valence-electron chi connectivity index (χ2n) is 1.31. The highest BCUT2D eigenvalue weighted by atomic mass is 32.2. The minimum atomic E-state index is 0.751. The van der Waals surface area contributed by atoms with E-state index in [1.165, 1.54) is 11.8 Å². The van der Waals surface area contributed by atoms with E-state index in [0.29, 0.717) is 0 Å². The zero-order chi connectivity index (χ0) is 7.23. The lowest BCUT2D eigenvalue weighted by molar-refractivity contribution is 0.845. The number of thiocyanates is 1. The van der Waals surface area contributed by atoms with Gasteiger partial charge in [0.05, 0.1) is 10.8 Å². The van der Waals surface area contributed by atoms with Crippen LogP contribution in [0.25, 0.3) is 0 Å². The topological polar surface area (TPSA) is 39.4 Å². The molecule has 0 saturated heterocycles. The van der Waals surface area contributed by atoms with Gasteiger partial charge in [-0.2, -0.15) is 14.2 Å². The Labute approximate surface area is 72.5 Å². The van der Waals surface area contributed by atoms with E-state index in [4.69, 9.17) is 5.26 Å². The molecule has 0 spiro atoms. The molecule has 0 aromatic heterocycles. The van der Waals surface area contributed by atoms with E-state index in [0.717, 1.165) is 10.8 Å². The van der Waals surface area contributed by atoms with E-state index in [1.807, 2.05) is 15.4 Å². The summed E-state index contributed by atoms with van der Waals surface area (Å²) in [5, 5.41) is 14.9. The molecule has 0 aromatic carbocycles. The molecule has 1 aliphatic rings. The van der Waals surface area contributed by atoms with Gasteiger partial charge in [0.15, 0.2) is 0 Å². The summed E-state index contributed by atoms with van der Waals surface area (Å²) in [7, 11) is 0. The zero-order valence-corrected chi connectivity index (χ0v) is 7.51. The Morgan fingerprint density at radius 1 is 1.90 bits per heavy atom. The van der Waals surface area contributed by atoms with E-state index < -0.39 is 0 Å². The second kappa shape index (κ2) is 4.77. The molecule has 0 saturated carbocycles. The summed E-state index contributed by atoms with van der Waals surface area (Å²) in [4.78, 5) is 0. The normalized spacial score (nSPS) is 15.7. The predicted molar refractivity (Wildman–Crippen MR) is 48.5 cm³/mol. The van der Waals surface area contributed by atoms with Gasteiger partial charge in [-0.3, -0.25) is 0 Å². The van der Waals surface area contributed by atoms with Crippen molar-refractivity contribution in [2.45, 2.75) is 0 Å². The van der Waals surface area contributed by atoms with Crippen LogP contribution in [0.15, 0.2) is 5.10 Å². The van der Waals surface area contributed by atoms with Gasteiger partial charge in [-0.05, 0) is 35.7 Å². The third-order valence-corrected chi connectivity index (χ3v) is 3.31. The van der Waals surface area contributed by atoms with Crippen molar-refractivity contribution in [3.63, 3.8) is 0 Å². The van der Waals surface area contributed by atoms with Crippen LogP contribution in [0.3, 0.4) is 0 Å². The molecule has 3 nitrogen and oxygen atoms in total. The van der Waals surface area contributed by atoms with Crippen LogP contribution in [-0.4, -0.2) is 20.9 Å². The third kappa shape index (κ3) is 2.73. The largest absolute Gasteiger partial charge is 0.185 e. The van der Waals surface area contributed by atoms with Gasteiger partial charge in [0.25, 0.3) is 0 Å². The van der Waals surface area contributed by atoms with Gasteiger partial charge in [0.1, 0.15) is 5.40 Å². The average Bonchev–Trinajstić information content (AvgIpc) is 2.41. The maximum atomic E-state index is 8.18. The Bertz CT molecular complexity index is 164. The molecule has 54 valence electrons. The maximum absolute atomic E-state index is 8.18. The first-order valence-corrected chi connectivity index (χ1v) is 5.40. The van der Waals surface area contributed by atoms with Gasteiger partial charge < -0.3 is 0 Å². The van der Waals surface area contributed by atoms with Crippen LogP contribution in [0.1, 0.15) is 0 Å². The monoisotopic (exact) mass is 191 g/mol. The van der Waals surface area contributed by atoms with E-state index in [2.05, 4.69) is 5.10 Å². The molecule has 0 radical (unpaired) electrons. The number of nitriles is 1. The van der Waals surface area contributed by atoms with Crippen molar-refractivity contribution in [2.75, 3.05) is 10.8 Å². The van der Waals surface area contributed by atoms with Gasteiger partial charge in [-0.1, -0.05) is 0 Å². The van der Waals surface area contributed by atoms with Crippen molar-refractivity contribution in [2.24, 2.45) is 5.10 Å². The minimum Gasteiger partial charge on any atom is -0.185 e. The molecule has 0 bridgehead atoms. The first-order valence-electron chi connectivity index (χ1n) is 2.53. The van der Waals surface area contributed by atoms with Crippen molar-refractivity contribution in [3.05, 3.63) is 0 Å². The molecule has 1 aliphatic heterocycles. The number of thioether (sulfide) groups is 1. The highest BCUT2D eigenvalue weighted by Gasteiger charge is 2.05. The van der Waals surface area contributed by atoms with Crippen LogP contribution in [0.2, 0.25) is 0 Å². The van der Waals surface area contributed by atoms with E-state index in [-0.39, 0.29) is 0 Å². The quantitative estimate of drug-likeness (QED) is 0.294. The highest BCUT2D eigenvalue weighted by Crippen LogP contribution is 2.27. The molecule has 0 atom stereocenters. The molecule has 1 rings (SSSR count). The summed E-state index contributed by atoms with van der Waals surface area (Å²) < 4.78 is 1.82. The fraction of sp³-hybridized carbons (Fsp3) is 0.500. The number of hydrogen-bond donors (Lipinski definition) is 0. The highest BCUT2D eigenvalue weighted by molar-refractivity contribution is 8.21. The summed E-state index contributed by atoms with van der Waals surface area (Å²) in [6.45, 7) is 0. The van der Waals surface area contributed by atoms with Crippen LogP contribution in [-0.2, 0) is 0 Å². The molecule has 1 heterocycles. The Balaban J connectivity index is 2.03. The molecular formula is C4H5N3S3. The Kier molecular flexibility index (Phi) is 3.87. The smallest absolute Gasteiger partial charge is 0.134 e. The molecule has 0 N–H and O–H groups in total. The van der Waals surface area contributed by atoms with E-state index in [1.54, 1.807) is 23.9 Å². The summed E-state index contributed by atoms with van der Waals surface area (Å²) >= 11 is 4.43. The molecule has 10 heavy (non-hydrogen) atoms. The lowest BCUT2D eigenvalue weighted by atomic mass is 10.9. The van der Waals surface area contributed by atoms with Crippen molar-refractivity contribution in [3.8, 4) is 5.40 Å². The number of nitrogens with zero attached hydrogens (tertiary/aromatic N) is 3. The minimum absolute atomic E-state index is 0.751.